The van der Waals surface area contributed by atoms with Crippen LogP contribution < -0.4 is 5.43 Å². The molecule has 6 aromatic rings. The maximum Gasteiger partial charge on any atom is 0.272 e. The van der Waals surface area contributed by atoms with Crippen LogP contribution in [-0.4, -0.2) is 21.7 Å². The normalized spacial score (nSPS) is 11.6. The number of nitrogens with zero attached hydrogens (tertiary/aromatic N) is 3. The first-order chi connectivity index (χ1) is 20.7. The van der Waals surface area contributed by atoms with Crippen LogP contribution in [0.15, 0.2) is 90.0 Å². The largest absolute Gasteiger partial charge is 0.340 e. The lowest BCUT2D eigenvalue weighted by atomic mass is 10.0. The quantitative estimate of drug-likeness (QED) is 0.148. The number of benzene rings is 4. The van der Waals surface area contributed by atoms with E-state index in [1.807, 2.05) is 68.4 Å². The van der Waals surface area contributed by atoms with Gasteiger partial charge in [-0.1, -0.05) is 76.3 Å². The van der Waals surface area contributed by atoms with Crippen molar-refractivity contribution in [3.63, 3.8) is 0 Å². The highest BCUT2D eigenvalue weighted by Crippen LogP contribution is 2.30. The van der Waals surface area contributed by atoms with Crippen molar-refractivity contribution in [2.75, 3.05) is 0 Å². The van der Waals surface area contributed by atoms with Crippen LogP contribution in [0.2, 0.25) is 15.1 Å². The highest BCUT2D eigenvalue weighted by atomic mass is 35.5. The molecular formula is C35H27Cl3N4O. The van der Waals surface area contributed by atoms with Crippen molar-refractivity contribution < 1.29 is 4.79 Å². The number of carbonyl (C=O) groups excluding carboxylic acids is 1. The highest BCUT2D eigenvalue weighted by molar-refractivity contribution is 6.35. The Labute approximate surface area is 264 Å². The number of nitrogens with one attached hydrogen (secondary N) is 1. The Balaban J connectivity index is 1.36. The van der Waals surface area contributed by atoms with Gasteiger partial charge in [-0.05, 0) is 80.9 Å². The fourth-order valence-corrected chi connectivity index (χ4v) is 5.91. The second kappa shape index (κ2) is 11.8. The van der Waals surface area contributed by atoms with Crippen LogP contribution in [0.1, 0.15) is 38.3 Å². The van der Waals surface area contributed by atoms with E-state index in [-0.39, 0.29) is 5.91 Å². The fourth-order valence-electron chi connectivity index (χ4n) is 5.32. The molecule has 2 aromatic heterocycles. The van der Waals surface area contributed by atoms with E-state index in [0.717, 1.165) is 55.3 Å². The van der Waals surface area contributed by atoms with Gasteiger partial charge in [0.15, 0.2) is 0 Å². The first-order valence-corrected chi connectivity index (χ1v) is 14.9. The highest BCUT2D eigenvalue weighted by Gasteiger charge is 2.17. The first-order valence-electron chi connectivity index (χ1n) is 13.7. The van der Waals surface area contributed by atoms with E-state index in [1.165, 1.54) is 0 Å². The summed E-state index contributed by atoms with van der Waals surface area (Å²) in [5.41, 5.74) is 11.6. The standard InChI is InChI=1S/C35H27Cl3N4O/c1-20-4-12-32-27(14-20)29(17-33(40-32)23-6-9-25(36)10-7-23)35(43)41-39-18-30-22(3)42(34-13-5-21(2)15-28(30)34)19-24-8-11-26(37)16-31(24)38/h4-18H,19H2,1-3H3,(H,41,43)/b39-18+. The molecule has 0 unspecified atom stereocenters. The Hall–Kier alpha value is -4.16. The molecule has 214 valence electrons. The molecule has 0 spiro atoms. The van der Waals surface area contributed by atoms with Crippen molar-refractivity contribution in [1.29, 1.82) is 0 Å². The molecule has 0 radical (unpaired) electrons. The Kier molecular flexibility index (Phi) is 7.97. The predicted octanol–water partition coefficient (Wildman–Crippen LogP) is 9.55. The third-order valence-electron chi connectivity index (χ3n) is 7.58. The molecule has 5 nitrogen and oxygen atoms in total. The average molecular weight is 626 g/mol. The number of rotatable bonds is 6. The van der Waals surface area contributed by atoms with E-state index in [9.17, 15) is 4.79 Å². The van der Waals surface area contributed by atoms with Crippen LogP contribution in [0.25, 0.3) is 33.1 Å². The van der Waals surface area contributed by atoms with E-state index in [4.69, 9.17) is 39.8 Å². The zero-order valence-electron chi connectivity index (χ0n) is 23.8. The van der Waals surface area contributed by atoms with Crippen LogP contribution in [0.3, 0.4) is 0 Å². The Morgan fingerprint density at radius 3 is 2.28 bits per heavy atom. The Morgan fingerprint density at radius 2 is 1.53 bits per heavy atom. The van der Waals surface area contributed by atoms with Crippen LogP contribution >= 0.6 is 34.8 Å². The lowest BCUT2D eigenvalue weighted by Gasteiger charge is -2.11. The predicted molar refractivity (Wildman–Crippen MR) is 179 cm³/mol. The summed E-state index contributed by atoms with van der Waals surface area (Å²) in [6.07, 6.45) is 1.71. The van der Waals surface area contributed by atoms with E-state index in [0.29, 0.717) is 32.9 Å². The number of hydrazone groups is 1. The summed E-state index contributed by atoms with van der Waals surface area (Å²) in [6, 6.07) is 26.9. The topological polar surface area (TPSA) is 59.3 Å². The third kappa shape index (κ3) is 5.89. The third-order valence-corrected chi connectivity index (χ3v) is 8.42. The van der Waals surface area contributed by atoms with Crippen molar-refractivity contribution in [2.45, 2.75) is 27.3 Å². The summed E-state index contributed by atoms with van der Waals surface area (Å²) in [5.74, 6) is -0.324. The monoisotopic (exact) mass is 624 g/mol. The molecule has 0 saturated heterocycles. The van der Waals surface area contributed by atoms with E-state index in [2.05, 4.69) is 40.2 Å². The molecule has 0 saturated carbocycles. The maximum atomic E-state index is 13.6. The minimum absolute atomic E-state index is 0.324. The van der Waals surface area contributed by atoms with Gasteiger partial charge in [0.1, 0.15) is 0 Å². The van der Waals surface area contributed by atoms with Gasteiger partial charge < -0.3 is 4.57 Å². The number of hydrogen-bond donors (Lipinski definition) is 1. The van der Waals surface area contributed by atoms with Gasteiger partial charge in [-0.25, -0.2) is 10.4 Å². The van der Waals surface area contributed by atoms with Gasteiger partial charge >= 0.3 is 0 Å². The number of amides is 1. The molecule has 6 rings (SSSR count). The molecule has 0 aliphatic heterocycles. The summed E-state index contributed by atoms with van der Waals surface area (Å²) in [4.78, 5) is 18.4. The van der Waals surface area contributed by atoms with Crippen LogP contribution in [0, 0.1) is 20.8 Å². The lowest BCUT2D eigenvalue weighted by Crippen LogP contribution is -2.18. The van der Waals surface area contributed by atoms with Crippen molar-refractivity contribution >= 4 is 68.7 Å². The minimum Gasteiger partial charge on any atom is -0.340 e. The summed E-state index contributed by atoms with van der Waals surface area (Å²) < 4.78 is 2.20. The van der Waals surface area contributed by atoms with Gasteiger partial charge in [0.2, 0.25) is 0 Å². The van der Waals surface area contributed by atoms with Crippen LogP contribution in [0.4, 0.5) is 0 Å². The number of hydrogen-bond acceptors (Lipinski definition) is 3. The second-order valence-electron chi connectivity index (χ2n) is 10.6. The Bertz CT molecular complexity index is 2060. The molecule has 8 heteroatoms. The maximum absolute atomic E-state index is 13.6. The summed E-state index contributed by atoms with van der Waals surface area (Å²) >= 11 is 18.7. The van der Waals surface area contributed by atoms with E-state index < -0.39 is 0 Å². The van der Waals surface area contributed by atoms with Crippen LogP contribution in [-0.2, 0) is 6.54 Å². The van der Waals surface area contributed by atoms with Gasteiger partial charge in [-0.2, -0.15) is 5.10 Å². The molecule has 1 amide bonds. The van der Waals surface area contributed by atoms with Crippen molar-refractivity contribution in [2.24, 2.45) is 5.10 Å². The van der Waals surface area contributed by atoms with E-state index in [1.54, 1.807) is 18.3 Å². The molecule has 4 aromatic carbocycles. The summed E-state index contributed by atoms with van der Waals surface area (Å²) in [7, 11) is 0. The number of pyridine rings is 1. The van der Waals surface area contributed by atoms with Gasteiger partial charge in [-0.3, -0.25) is 4.79 Å². The number of halogens is 3. The lowest BCUT2D eigenvalue weighted by molar-refractivity contribution is 0.0956. The molecule has 0 aliphatic carbocycles. The molecule has 0 atom stereocenters. The fraction of sp³-hybridized carbons (Fsp3) is 0.114. The molecular weight excluding hydrogens is 599 g/mol. The number of carbonyl (C=O) groups is 1. The molecule has 0 fully saturated rings. The SMILES string of the molecule is Cc1ccc2nc(-c3ccc(Cl)cc3)cc(C(=O)N/N=C/c3c(C)n(Cc4ccc(Cl)cc4Cl)c4ccc(C)cc34)c2c1. The van der Waals surface area contributed by atoms with Gasteiger partial charge in [0.05, 0.1) is 23.0 Å². The number of aryl methyl sites for hydroxylation is 2. The molecule has 1 N–H and O–H groups in total. The zero-order chi connectivity index (χ0) is 30.2. The van der Waals surface area contributed by atoms with Crippen molar-refractivity contribution in [3.05, 3.63) is 134 Å². The van der Waals surface area contributed by atoms with Crippen molar-refractivity contribution in [1.82, 2.24) is 15.0 Å². The molecule has 0 aliphatic rings. The minimum atomic E-state index is -0.324. The first kappa shape index (κ1) is 28.9. The molecule has 2 heterocycles. The average Bonchev–Trinajstić information content (AvgIpc) is 3.23. The molecule has 43 heavy (non-hydrogen) atoms. The second-order valence-corrected chi connectivity index (χ2v) is 11.9. The number of fused-ring (bicyclic) bond motifs is 2. The van der Waals surface area contributed by atoms with E-state index >= 15 is 0 Å². The molecule has 0 bridgehead atoms. The van der Waals surface area contributed by atoms with Crippen LogP contribution in [0.5, 0.6) is 0 Å². The smallest absolute Gasteiger partial charge is 0.272 e. The van der Waals surface area contributed by atoms with Crippen molar-refractivity contribution in [3.8, 4) is 11.3 Å². The van der Waals surface area contributed by atoms with Gasteiger partial charge in [0.25, 0.3) is 5.91 Å². The summed E-state index contributed by atoms with van der Waals surface area (Å²) in [6.45, 7) is 6.65. The Morgan fingerprint density at radius 1 is 0.837 bits per heavy atom. The summed E-state index contributed by atoms with van der Waals surface area (Å²) in [5, 5.41) is 8.07. The number of aromatic nitrogens is 2. The van der Waals surface area contributed by atoms with Gasteiger partial charge in [-0.15, -0.1) is 0 Å². The zero-order valence-corrected chi connectivity index (χ0v) is 26.0. The van der Waals surface area contributed by atoms with Gasteiger partial charge in [0, 0.05) is 54.7 Å².